The Balaban J connectivity index is 0. The molecule has 0 nitrogen and oxygen atoms in total. The fraction of sp³-hybridized carbons (Fsp3) is 0. The van der Waals surface area contributed by atoms with E-state index in [1.54, 1.807) is 0 Å². The van der Waals surface area contributed by atoms with Crippen molar-refractivity contribution in [2.24, 2.45) is 0 Å². The van der Waals surface area contributed by atoms with E-state index in [-0.39, 0.29) is 125 Å². The van der Waals surface area contributed by atoms with E-state index in [9.17, 15) is 0 Å². The molecular formula is H5ClF2K2. The van der Waals surface area contributed by atoms with Crippen molar-refractivity contribution in [1.29, 1.82) is 0 Å². The molecule has 0 amide bonds. The average molecular weight is 157 g/mol. The molecule has 0 N–H and O–H groups in total. The zero-order valence-electron chi connectivity index (χ0n) is 1.22. The molecular weight excluding hydrogens is 152 g/mol. The van der Waals surface area contributed by atoms with Crippen molar-refractivity contribution in [2.75, 3.05) is 0 Å². The third-order valence-electron chi connectivity index (χ3n) is 0. The molecule has 0 aliphatic rings. The predicted molar refractivity (Wildman–Crippen MR) is 26.6 cm³/mol. The van der Waals surface area contributed by atoms with Crippen molar-refractivity contribution in [3.8, 4) is 0 Å². The quantitative estimate of drug-likeness (QED) is 0.413. The maximum absolute atomic E-state index is 0. The molecule has 0 aromatic rings. The third kappa shape index (κ3) is 18.6. The van der Waals surface area contributed by atoms with Gasteiger partial charge in [-0.2, -0.15) is 0 Å². The van der Waals surface area contributed by atoms with Gasteiger partial charge >= 0.3 is 103 Å². The molecule has 0 heterocycles. The van der Waals surface area contributed by atoms with Crippen molar-refractivity contribution in [3.05, 3.63) is 0 Å². The van der Waals surface area contributed by atoms with E-state index >= 15 is 0 Å². The molecule has 0 radical (unpaired) electrons. The Kier molecular flexibility index (Phi) is 207. The first-order valence-electron chi connectivity index (χ1n) is 0. The first-order chi connectivity index (χ1) is 0. The van der Waals surface area contributed by atoms with Crippen molar-refractivity contribution in [1.82, 2.24) is 0 Å². The molecule has 0 rings (SSSR count). The molecule has 0 unspecified atom stereocenters. The van der Waals surface area contributed by atoms with Crippen LogP contribution >= 0.6 is 12.4 Å². The summed E-state index contributed by atoms with van der Waals surface area (Å²) in [6, 6.07) is 0. The number of hydrogen-bond acceptors (Lipinski definition) is 0. The Morgan fingerprint density at radius 1 is 0.600 bits per heavy atom. The normalized spacial score (nSPS) is 0. The van der Waals surface area contributed by atoms with Crippen LogP contribution in [0.25, 0.3) is 0 Å². The van der Waals surface area contributed by atoms with E-state index < -0.39 is 0 Å². The molecule has 0 aromatic carbocycles. The average Bonchev–Trinajstić information content (AvgIpc) is 0. The second-order valence-electron chi connectivity index (χ2n) is 0. The van der Waals surface area contributed by atoms with Crippen LogP contribution in [0.15, 0.2) is 0 Å². The van der Waals surface area contributed by atoms with Crippen LogP contribution in [0.1, 0.15) is 0 Å². The molecule has 0 atom stereocenters. The minimum absolute atomic E-state index is 0. The van der Waals surface area contributed by atoms with Crippen LogP contribution in [-0.2, 0) is 0 Å². The molecule has 0 bridgehead atoms. The summed E-state index contributed by atoms with van der Waals surface area (Å²) in [7, 11) is 0. The van der Waals surface area contributed by atoms with Crippen molar-refractivity contribution >= 4 is 115 Å². The standard InChI is InChI=1S/ClH.2FH.2K.2H/h3*1H;;;;. The second kappa shape index (κ2) is 26.1. The monoisotopic (exact) mass is 156 g/mol. The molecule has 0 saturated carbocycles. The minimum atomic E-state index is 0. The molecule has 0 fully saturated rings. The molecule has 0 aliphatic heterocycles. The summed E-state index contributed by atoms with van der Waals surface area (Å²) < 4.78 is 0. The van der Waals surface area contributed by atoms with Gasteiger partial charge in [-0.05, 0) is 0 Å². The van der Waals surface area contributed by atoms with Crippen molar-refractivity contribution in [2.45, 2.75) is 0 Å². The van der Waals surface area contributed by atoms with E-state index in [1.165, 1.54) is 0 Å². The van der Waals surface area contributed by atoms with Gasteiger partial charge in [0.15, 0.2) is 0 Å². The van der Waals surface area contributed by atoms with Gasteiger partial charge in [-0.25, -0.2) is 0 Å². The summed E-state index contributed by atoms with van der Waals surface area (Å²) in [5, 5.41) is 0. The van der Waals surface area contributed by atoms with Gasteiger partial charge in [0.2, 0.25) is 0 Å². The molecule has 5 heteroatoms. The van der Waals surface area contributed by atoms with Crippen LogP contribution in [0.3, 0.4) is 0 Å². The van der Waals surface area contributed by atoms with Crippen LogP contribution in [0.5, 0.6) is 0 Å². The van der Waals surface area contributed by atoms with E-state index in [4.69, 9.17) is 0 Å². The SMILES string of the molecule is Cl.F.F.[KH].[KH]. The van der Waals surface area contributed by atoms with Gasteiger partial charge < -0.3 is 0 Å². The van der Waals surface area contributed by atoms with E-state index in [1.807, 2.05) is 0 Å². The maximum atomic E-state index is 0. The summed E-state index contributed by atoms with van der Waals surface area (Å²) in [6.07, 6.45) is 0. The molecule has 28 valence electrons. The van der Waals surface area contributed by atoms with Gasteiger partial charge in [-0.3, -0.25) is 9.41 Å². The summed E-state index contributed by atoms with van der Waals surface area (Å²) in [5.74, 6) is 0. The van der Waals surface area contributed by atoms with E-state index in [0.717, 1.165) is 0 Å². The molecule has 0 spiro atoms. The van der Waals surface area contributed by atoms with Gasteiger partial charge in [0, 0.05) is 0 Å². The van der Waals surface area contributed by atoms with E-state index in [0.29, 0.717) is 0 Å². The van der Waals surface area contributed by atoms with E-state index in [2.05, 4.69) is 0 Å². The Bertz CT molecular complexity index is 7.61. The number of hydrogen-bond donors (Lipinski definition) is 0. The fourth-order valence-corrected chi connectivity index (χ4v) is 0. The predicted octanol–water partition coefficient (Wildman–Crippen LogP) is -0.570. The molecule has 5 heavy (non-hydrogen) atoms. The van der Waals surface area contributed by atoms with Crippen molar-refractivity contribution in [3.63, 3.8) is 0 Å². The summed E-state index contributed by atoms with van der Waals surface area (Å²) >= 11 is 0. The summed E-state index contributed by atoms with van der Waals surface area (Å²) in [6.45, 7) is 0. The molecule has 0 aromatic heterocycles. The van der Waals surface area contributed by atoms with Crippen LogP contribution in [0.4, 0.5) is 9.41 Å². The van der Waals surface area contributed by atoms with Crippen molar-refractivity contribution < 1.29 is 9.41 Å². The van der Waals surface area contributed by atoms with Gasteiger partial charge in [0.1, 0.15) is 0 Å². The summed E-state index contributed by atoms with van der Waals surface area (Å²) in [5.41, 5.74) is 0. The second-order valence-corrected chi connectivity index (χ2v) is 0. The zero-order chi connectivity index (χ0) is 0. The Morgan fingerprint density at radius 3 is 0.600 bits per heavy atom. The van der Waals surface area contributed by atoms with Crippen LogP contribution in [-0.4, -0.2) is 103 Å². The first-order valence-corrected chi connectivity index (χ1v) is 0. The molecule has 0 saturated heterocycles. The summed E-state index contributed by atoms with van der Waals surface area (Å²) in [4.78, 5) is 0. The first kappa shape index (κ1) is 39.6. The Hall–Kier alpha value is 3.42. The van der Waals surface area contributed by atoms with Gasteiger partial charge in [-0.1, -0.05) is 0 Å². The molecule has 0 aliphatic carbocycles. The topological polar surface area (TPSA) is 0 Å². The Labute approximate surface area is 121 Å². The third-order valence-corrected chi connectivity index (χ3v) is 0. The Morgan fingerprint density at radius 2 is 0.600 bits per heavy atom. The van der Waals surface area contributed by atoms with Gasteiger partial charge in [0.05, 0.1) is 0 Å². The fourth-order valence-electron chi connectivity index (χ4n) is 0. The van der Waals surface area contributed by atoms with Gasteiger partial charge in [-0.15, -0.1) is 12.4 Å². The van der Waals surface area contributed by atoms with Crippen LogP contribution < -0.4 is 0 Å². The number of rotatable bonds is 0. The van der Waals surface area contributed by atoms with Crippen LogP contribution in [0.2, 0.25) is 0 Å². The zero-order valence-corrected chi connectivity index (χ0v) is 2.04. The van der Waals surface area contributed by atoms with Crippen LogP contribution in [0, 0.1) is 0 Å². The van der Waals surface area contributed by atoms with Gasteiger partial charge in [0.25, 0.3) is 0 Å². The number of halogens is 3.